The fraction of sp³-hybridized carbons (Fsp3) is 0.375. The standard InChI is InChI=1S/C16H19NO4S/c1-4-17-15(18)14(22-16(17)19)9-11-7-8-12(20-5-2)10-13(11)21-6-3/h7-10H,4-6H2,1-3H3/b14-9-. The van der Waals surface area contributed by atoms with Gasteiger partial charge in [0.2, 0.25) is 0 Å². The molecule has 0 bridgehead atoms. The van der Waals surface area contributed by atoms with Crippen LogP contribution in [0.15, 0.2) is 23.1 Å². The zero-order valence-corrected chi connectivity index (χ0v) is 13.7. The number of carbonyl (C=O) groups excluding carboxylic acids is 2. The average Bonchev–Trinajstić information content (AvgIpc) is 2.76. The van der Waals surface area contributed by atoms with Gasteiger partial charge in [-0.05, 0) is 50.7 Å². The maximum Gasteiger partial charge on any atom is 0.293 e. The summed E-state index contributed by atoms with van der Waals surface area (Å²) in [4.78, 5) is 25.5. The summed E-state index contributed by atoms with van der Waals surface area (Å²) in [5.74, 6) is 1.09. The number of nitrogens with zero attached hydrogens (tertiary/aromatic N) is 1. The first-order valence-corrected chi connectivity index (χ1v) is 8.07. The van der Waals surface area contributed by atoms with E-state index in [0.29, 0.717) is 36.2 Å². The summed E-state index contributed by atoms with van der Waals surface area (Å²) in [6.07, 6.45) is 1.70. The zero-order valence-electron chi connectivity index (χ0n) is 12.9. The number of hydrogen-bond acceptors (Lipinski definition) is 5. The summed E-state index contributed by atoms with van der Waals surface area (Å²) < 4.78 is 11.1. The summed E-state index contributed by atoms with van der Waals surface area (Å²) in [7, 11) is 0. The number of likely N-dealkylation sites (N-methyl/N-ethyl adjacent to an activating group) is 1. The normalized spacial score (nSPS) is 16.5. The van der Waals surface area contributed by atoms with Gasteiger partial charge in [0.25, 0.3) is 11.1 Å². The molecule has 0 N–H and O–H groups in total. The molecule has 0 radical (unpaired) electrons. The minimum absolute atomic E-state index is 0.234. The van der Waals surface area contributed by atoms with Crippen LogP contribution >= 0.6 is 11.8 Å². The highest BCUT2D eigenvalue weighted by atomic mass is 32.2. The smallest absolute Gasteiger partial charge is 0.293 e. The van der Waals surface area contributed by atoms with E-state index in [2.05, 4.69) is 0 Å². The van der Waals surface area contributed by atoms with E-state index >= 15 is 0 Å². The van der Waals surface area contributed by atoms with E-state index in [9.17, 15) is 9.59 Å². The van der Waals surface area contributed by atoms with E-state index in [1.807, 2.05) is 26.0 Å². The first-order valence-electron chi connectivity index (χ1n) is 7.25. The lowest BCUT2D eigenvalue weighted by Gasteiger charge is -2.11. The lowest BCUT2D eigenvalue weighted by atomic mass is 10.1. The van der Waals surface area contributed by atoms with Crippen LogP contribution in [0.1, 0.15) is 26.3 Å². The molecule has 1 aromatic rings. The van der Waals surface area contributed by atoms with Crippen molar-refractivity contribution in [3.8, 4) is 11.5 Å². The van der Waals surface area contributed by atoms with Crippen LogP contribution in [0.4, 0.5) is 4.79 Å². The third-order valence-corrected chi connectivity index (χ3v) is 3.98. The van der Waals surface area contributed by atoms with Crippen LogP contribution in [0.5, 0.6) is 11.5 Å². The Labute approximate surface area is 134 Å². The van der Waals surface area contributed by atoms with Gasteiger partial charge in [-0.15, -0.1) is 0 Å². The number of amides is 2. The molecule has 0 aromatic heterocycles. The molecular formula is C16H19NO4S. The van der Waals surface area contributed by atoms with Gasteiger partial charge in [0.15, 0.2) is 0 Å². The maximum absolute atomic E-state index is 12.1. The number of carbonyl (C=O) groups is 2. The number of hydrogen-bond donors (Lipinski definition) is 0. The summed E-state index contributed by atoms with van der Waals surface area (Å²) in [6, 6.07) is 5.45. The van der Waals surface area contributed by atoms with Crippen LogP contribution in [-0.2, 0) is 4.79 Å². The molecule has 118 valence electrons. The Bertz CT molecular complexity index is 612. The van der Waals surface area contributed by atoms with Gasteiger partial charge in [-0.2, -0.15) is 0 Å². The Morgan fingerprint density at radius 3 is 2.45 bits per heavy atom. The molecule has 0 aliphatic carbocycles. The molecule has 1 aliphatic rings. The highest BCUT2D eigenvalue weighted by Gasteiger charge is 2.33. The van der Waals surface area contributed by atoms with Crippen molar-refractivity contribution in [1.82, 2.24) is 4.90 Å². The zero-order chi connectivity index (χ0) is 16.1. The Morgan fingerprint density at radius 1 is 1.14 bits per heavy atom. The summed E-state index contributed by atoms with van der Waals surface area (Å²) in [6.45, 7) is 7.04. The summed E-state index contributed by atoms with van der Waals surface area (Å²) in [5, 5.41) is -0.234. The van der Waals surface area contributed by atoms with Crippen LogP contribution < -0.4 is 9.47 Å². The van der Waals surface area contributed by atoms with Crippen LogP contribution in [-0.4, -0.2) is 35.8 Å². The fourth-order valence-corrected chi connectivity index (χ4v) is 2.98. The molecule has 2 amide bonds. The van der Waals surface area contributed by atoms with Crippen molar-refractivity contribution in [3.05, 3.63) is 28.7 Å². The minimum atomic E-state index is -0.256. The van der Waals surface area contributed by atoms with E-state index in [1.54, 1.807) is 19.1 Å². The number of rotatable bonds is 6. The largest absolute Gasteiger partial charge is 0.494 e. The Kier molecular flexibility index (Phi) is 5.49. The molecule has 0 spiro atoms. The van der Waals surface area contributed by atoms with Crippen molar-refractivity contribution in [2.24, 2.45) is 0 Å². The highest BCUT2D eigenvalue weighted by molar-refractivity contribution is 8.18. The van der Waals surface area contributed by atoms with E-state index < -0.39 is 0 Å². The van der Waals surface area contributed by atoms with E-state index in [1.165, 1.54) is 4.90 Å². The molecule has 1 saturated heterocycles. The number of benzene rings is 1. The van der Waals surface area contributed by atoms with Gasteiger partial charge in [0.05, 0.1) is 18.1 Å². The van der Waals surface area contributed by atoms with Crippen molar-refractivity contribution < 1.29 is 19.1 Å². The quantitative estimate of drug-likeness (QED) is 0.750. The predicted octanol–water partition coefficient (Wildman–Crippen LogP) is 3.54. The van der Waals surface area contributed by atoms with Crippen molar-refractivity contribution in [2.45, 2.75) is 20.8 Å². The van der Waals surface area contributed by atoms with Crippen molar-refractivity contribution in [3.63, 3.8) is 0 Å². The lowest BCUT2D eigenvalue weighted by molar-refractivity contribution is -0.122. The van der Waals surface area contributed by atoms with E-state index in [4.69, 9.17) is 9.47 Å². The number of thioether (sulfide) groups is 1. The number of ether oxygens (including phenoxy) is 2. The van der Waals surface area contributed by atoms with Crippen LogP contribution in [0, 0.1) is 0 Å². The molecule has 5 nitrogen and oxygen atoms in total. The van der Waals surface area contributed by atoms with E-state index in [-0.39, 0.29) is 11.1 Å². The van der Waals surface area contributed by atoms with Gasteiger partial charge in [-0.1, -0.05) is 0 Å². The third kappa shape index (κ3) is 3.44. The molecule has 1 heterocycles. The van der Waals surface area contributed by atoms with E-state index in [0.717, 1.165) is 17.3 Å². The maximum atomic E-state index is 12.1. The summed E-state index contributed by atoms with van der Waals surface area (Å²) >= 11 is 0.954. The molecule has 2 rings (SSSR count). The lowest BCUT2D eigenvalue weighted by Crippen LogP contribution is -2.27. The van der Waals surface area contributed by atoms with Gasteiger partial charge >= 0.3 is 0 Å². The highest BCUT2D eigenvalue weighted by Crippen LogP contribution is 2.34. The molecular weight excluding hydrogens is 302 g/mol. The van der Waals surface area contributed by atoms with Crippen molar-refractivity contribution in [2.75, 3.05) is 19.8 Å². The first-order chi connectivity index (χ1) is 10.6. The second-order valence-electron chi connectivity index (χ2n) is 4.49. The monoisotopic (exact) mass is 321 g/mol. The van der Waals surface area contributed by atoms with Crippen molar-refractivity contribution in [1.29, 1.82) is 0 Å². The van der Waals surface area contributed by atoms with Crippen LogP contribution in [0.3, 0.4) is 0 Å². The Hall–Kier alpha value is -1.95. The topological polar surface area (TPSA) is 55.8 Å². The molecule has 0 atom stereocenters. The van der Waals surface area contributed by atoms with Gasteiger partial charge in [0, 0.05) is 18.2 Å². The van der Waals surface area contributed by atoms with Crippen LogP contribution in [0.25, 0.3) is 6.08 Å². The Morgan fingerprint density at radius 2 is 1.86 bits per heavy atom. The molecule has 1 aromatic carbocycles. The molecule has 0 saturated carbocycles. The van der Waals surface area contributed by atoms with Crippen LogP contribution in [0.2, 0.25) is 0 Å². The SMILES string of the molecule is CCOc1ccc(/C=C2\SC(=O)N(CC)C2=O)c(OCC)c1. The predicted molar refractivity (Wildman–Crippen MR) is 87.1 cm³/mol. The van der Waals surface area contributed by atoms with Gasteiger partial charge in [-0.3, -0.25) is 14.5 Å². The first kappa shape index (κ1) is 16.4. The molecule has 1 aliphatic heterocycles. The Balaban J connectivity index is 2.34. The van der Waals surface area contributed by atoms with Gasteiger partial charge < -0.3 is 9.47 Å². The van der Waals surface area contributed by atoms with Gasteiger partial charge in [-0.25, -0.2) is 0 Å². The minimum Gasteiger partial charge on any atom is -0.494 e. The van der Waals surface area contributed by atoms with Crippen molar-refractivity contribution >= 4 is 29.0 Å². The molecule has 1 fully saturated rings. The second kappa shape index (κ2) is 7.35. The average molecular weight is 321 g/mol. The third-order valence-electron chi connectivity index (χ3n) is 3.07. The summed E-state index contributed by atoms with van der Waals surface area (Å²) in [5.41, 5.74) is 0.756. The van der Waals surface area contributed by atoms with Gasteiger partial charge in [0.1, 0.15) is 11.5 Å². The fourth-order valence-electron chi connectivity index (χ4n) is 2.08. The second-order valence-corrected chi connectivity index (χ2v) is 5.48. The molecule has 6 heteroatoms. The molecule has 22 heavy (non-hydrogen) atoms. The number of imide groups is 1. The molecule has 0 unspecified atom stereocenters.